The van der Waals surface area contributed by atoms with Crippen molar-refractivity contribution in [2.75, 3.05) is 34.0 Å². The molecule has 0 aliphatic rings. The minimum Gasteiger partial charge on any atom is -0.434 e. The molecule has 0 unspecified atom stereocenters. The third kappa shape index (κ3) is 13.4. The second-order valence-corrected chi connectivity index (χ2v) is 5.14. The van der Waals surface area contributed by atoms with E-state index in [2.05, 4.69) is 12.2 Å². The highest BCUT2D eigenvalue weighted by Gasteiger charge is 2.06. The molecule has 1 N–H and O–H groups in total. The maximum absolute atomic E-state index is 11.3. The number of amides is 1. The number of unbranched alkanes of at least 4 members (excludes halogenated alkanes) is 4. The fourth-order valence-corrected chi connectivity index (χ4v) is 1.76. The number of nitrogens with zero attached hydrogens (tertiary/aromatic N) is 1. The van der Waals surface area contributed by atoms with Gasteiger partial charge in [-0.3, -0.25) is 9.69 Å². The lowest BCUT2D eigenvalue weighted by molar-refractivity contribution is -0.120. The molecule has 0 fully saturated rings. The smallest absolute Gasteiger partial charge is 0.434 e. The summed E-state index contributed by atoms with van der Waals surface area (Å²) in [6.45, 7) is 3.46. The number of rotatable bonds is 12. The van der Waals surface area contributed by atoms with Crippen LogP contribution in [0.3, 0.4) is 0 Å². The maximum Gasteiger partial charge on any atom is 0.509 e. The van der Waals surface area contributed by atoms with Gasteiger partial charge in [0.2, 0.25) is 5.91 Å². The van der Waals surface area contributed by atoms with Crippen LogP contribution in [0, 0.1) is 0 Å². The van der Waals surface area contributed by atoms with E-state index in [1.165, 1.54) is 19.3 Å². The summed E-state index contributed by atoms with van der Waals surface area (Å²) in [6, 6.07) is 0. The minimum absolute atomic E-state index is 0.0202. The quantitative estimate of drug-likeness (QED) is 0.341. The second-order valence-electron chi connectivity index (χ2n) is 5.14. The van der Waals surface area contributed by atoms with Crippen LogP contribution in [0.25, 0.3) is 0 Å². The Balaban J connectivity index is 3.44. The highest BCUT2D eigenvalue weighted by molar-refractivity contribution is 5.75. The van der Waals surface area contributed by atoms with E-state index in [1.54, 1.807) is 7.05 Å². The number of ether oxygens (including phenoxy) is 2. The van der Waals surface area contributed by atoms with Crippen molar-refractivity contribution in [2.45, 2.75) is 51.9 Å². The van der Waals surface area contributed by atoms with Gasteiger partial charge in [0.25, 0.3) is 0 Å². The van der Waals surface area contributed by atoms with Crippen molar-refractivity contribution in [3.05, 3.63) is 0 Å². The van der Waals surface area contributed by atoms with E-state index in [-0.39, 0.29) is 12.6 Å². The van der Waals surface area contributed by atoms with Gasteiger partial charge in [-0.1, -0.05) is 32.6 Å². The van der Waals surface area contributed by atoms with Gasteiger partial charge in [0.05, 0.1) is 6.61 Å². The van der Waals surface area contributed by atoms with E-state index in [1.807, 2.05) is 11.9 Å². The monoisotopic (exact) mass is 302 g/mol. The molecular formula is C15H30N2O4. The minimum atomic E-state index is -0.622. The van der Waals surface area contributed by atoms with Crippen LogP contribution in [0.2, 0.25) is 0 Å². The number of hydrogen-bond donors (Lipinski definition) is 1. The van der Waals surface area contributed by atoms with Crippen molar-refractivity contribution in [1.29, 1.82) is 0 Å². The molecule has 21 heavy (non-hydrogen) atoms. The van der Waals surface area contributed by atoms with Gasteiger partial charge < -0.3 is 14.8 Å². The molecule has 0 aliphatic heterocycles. The van der Waals surface area contributed by atoms with E-state index in [9.17, 15) is 9.59 Å². The fourth-order valence-electron chi connectivity index (χ4n) is 1.76. The third-order valence-electron chi connectivity index (χ3n) is 3.09. The summed E-state index contributed by atoms with van der Waals surface area (Å²) in [6.07, 6.45) is 6.17. The van der Waals surface area contributed by atoms with Gasteiger partial charge in [0.15, 0.2) is 0 Å². The first-order valence-corrected chi connectivity index (χ1v) is 7.78. The van der Waals surface area contributed by atoms with Gasteiger partial charge in [-0.25, -0.2) is 4.79 Å². The first-order valence-electron chi connectivity index (χ1n) is 7.78. The summed E-state index contributed by atoms with van der Waals surface area (Å²) in [7, 11) is 3.45. The van der Waals surface area contributed by atoms with Crippen molar-refractivity contribution < 1.29 is 19.1 Å². The summed E-state index contributed by atoms with van der Waals surface area (Å²) in [5.41, 5.74) is 0. The van der Waals surface area contributed by atoms with Crippen LogP contribution in [0.1, 0.15) is 51.9 Å². The van der Waals surface area contributed by atoms with Crippen LogP contribution in [-0.4, -0.2) is 50.9 Å². The van der Waals surface area contributed by atoms with Gasteiger partial charge in [0.1, 0.15) is 6.73 Å². The van der Waals surface area contributed by atoms with Crippen LogP contribution in [0.15, 0.2) is 0 Å². The first-order chi connectivity index (χ1) is 10.1. The van der Waals surface area contributed by atoms with Crippen LogP contribution < -0.4 is 5.32 Å². The number of carbonyl (C=O) groups is 2. The van der Waals surface area contributed by atoms with Crippen LogP contribution in [0.5, 0.6) is 0 Å². The van der Waals surface area contributed by atoms with Gasteiger partial charge in [-0.2, -0.15) is 0 Å². The molecule has 0 saturated heterocycles. The Kier molecular flexibility index (Phi) is 12.8. The highest BCUT2D eigenvalue weighted by atomic mass is 16.7. The maximum atomic E-state index is 11.3. The molecule has 0 spiro atoms. The van der Waals surface area contributed by atoms with Gasteiger partial charge in [0, 0.05) is 20.0 Å². The van der Waals surface area contributed by atoms with Crippen LogP contribution in [0.4, 0.5) is 4.79 Å². The van der Waals surface area contributed by atoms with Gasteiger partial charge in [-0.05, 0) is 19.9 Å². The predicted octanol–water partition coefficient (Wildman–Crippen LogP) is 2.53. The summed E-state index contributed by atoms with van der Waals surface area (Å²) < 4.78 is 9.96. The molecule has 0 heterocycles. The Morgan fingerprint density at radius 1 is 1.05 bits per heavy atom. The molecule has 0 bridgehead atoms. The topological polar surface area (TPSA) is 67.9 Å². The van der Waals surface area contributed by atoms with Gasteiger partial charge >= 0.3 is 6.16 Å². The van der Waals surface area contributed by atoms with E-state index in [4.69, 9.17) is 9.47 Å². The van der Waals surface area contributed by atoms with Crippen molar-refractivity contribution in [2.24, 2.45) is 0 Å². The summed E-state index contributed by atoms with van der Waals surface area (Å²) in [4.78, 5) is 24.2. The molecule has 0 aliphatic carbocycles. The van der Waals surface area contributed by atoms with Gasteiger partial charge in [-0.15, -0.1) is 0 Å². The molecule has 6 heteroatoms. The lowest BCUT2D eigenvalue weighted by Gasteiger charge is -2.16. The predicted molar refractivity (Wildman–Crippen MR) is 82.0 cm³/mol. The Labute approximate surface area is 128 Å². The molecule has 1 amide bonds. The van der Waals surface area contributed by atoms with E-state index < -0.39 is 6.16 Å². The van der Waals surface area contributed by atoms with Crippen molar-refractivity contribution >= 4 is 12.1 Å². The molecule has 0 rings (SSSR count). The van der Waals surface area contributed by atoms with Crippen molar-refractivity contribution in [1.82, 2.24) is 10.2 Å². The normalized spacial score (nSPS) is 10.5. The third-order valence-corrected chi connectivity index (χ3v) is 3.09. The molecule has 0 aromatic rings. The number of nitrogens with one attached hydrogen (secondary N) is 1. The molecule has 124 valence electrons. The fraction of sp³-hybridized carbons (Fsp3) is 0.867. The van der Waals surface area contributed by atoms with E-state index in [0.29, 0.717) is 19.6 Å². The second kappa shape index (κ2) is 13.7. The molecule has 0 radical (unpaired) electrons. The van der Waals surface area contributed by atoms with Crippen LogP contribution in [-0.2, 0) is 14.3 Å². The van der Waals surface area contributed by atoms with Crippen LogP contribution >= 0.6 is 0 Å². The molecule has 0 saturated carbocycles. The zero-order valence-corrected chi connectivity index (χ0v) is 13.7. The average molecular weight is 302 g/mol. The largest absolute Gasteiger partial charge is 0.509 e. The Bertz CT molecular complexity index is 285. The highest BCUT2D eigenvalue weighted by Crippen LogP contribution is 2.03. The molecule has 0 aromatic carbocycles. The standard InChI is InChI=1S/C15H30N2O4/c1-4-5-6-7-8-12-20-15(19)21-13-17(3)11-9-10-14(18)16-2/h4-13H2,1-3H3,(H,16,18). The Morgan fingerprint density at radius 3 is 2.43 bits per heavy atom. The lowest BCUT2D eigenvalue weighted by atomic mass is 10.2. The Morgan fingerprint density at radius 2 is 1.76 bits per heavy atom. The number of carbonyl (C=O) groups excluding carboxylic acids is 2. The Hall–Kier alpha value is -1.30. The summed E-state index contributed by atoms with van der Waals surface area (Å²) in [5.74, 6) is 0.0202. The lowest BCUT2D eigenvalue weighted by Crippen LogP contribution is -2.27. The molecule has 0 aromatic heterocycles. The molecular weight excluding hydrogens is 272 g/mol. The average Bonchev–Trinajstić information content (AvgIpc) is 2.48. The van der Waals surface area contributed by atoms with E-state index in [0.717, 1.165) is 19.3 Å². The van der Waals surface area contributed by atoms with Crippen molar-refractivity contribution in [3.63, 3.8) is 0 Å². The summed E-state index contributed by atoms with van der Waals surface area (Å²) in [5, 5.41) is 2.57. The number of hydrogen-bond acceptors (Lipinski definition) is 5. The van der Waals surface area contributed by atoms with Crippen molar-refractivity contribution in [3.8, 4) is 0 Å². The van der Waals surface area contributed by atoms with E-state index >= 15 is 0 Å². The zero-order valence-electron chi connectivity index (χ0n) is 13.7. The zero-order chi connectivity index (χ0) is 15.9. The first kappa shape index (κ1) is 19.7. The summed E-state index contributed by atoms with van der Waals surface area (Å²) >= 11 is 0. The molecule has 6 nitrogen and oxygen atoms in total. The SMILES string of the molecule is CCCCCCCOC(=O)OCN(C)CCCC(=O)NC. The molecule has 0 atom stereocenters.